The summed E-state index contributed by atoms with van der Waals surface area (Å²) in [5.41, 5.74) is 4.13. The molecule has 0 saturated carbocycles. The van der Waals surface area contributed by atoms with Crippen molar-refractivity contribution in [3.63, 3.8) is 0 Å². The minimum atomic E-state index is -4.77. The molecule has 2 atom stereocenters. The molecule has 0 aromatic heterocycles. The van der Waals surface area contributed by atoms with E-state index in [4.69, 9.17) is 10.8 Å². The first kappa shape index (κ1) is 12.9. The number of benzene rings is 1. The number of alkyl halides is 3. The van der Waals surface area contributed by atoms with E-state index in [2.05, 4.69) is 0 Å². The molecule has 0 fully saturated rings. The summed E-state index contributed by atoms with van der Waals surface area (Å²) in [6.07, 6.45) is -5.77. The zero-order chi connectivity index (χ0) is 12.5. The van der Waals surface area contributed by atoms with E-state index in [1.165, 1.54) is 6.92 Å². The Kier molecular flexibility index (Phi) is 3.54. The van der Waals surface area contributed by atoms with E-state index >= 15 is 0 Å². The van der Waals surface area contributed by atoms with Gasteiger partial charge in [-0.25, -0.2) is 4.39 Å². The number of halogens is 4. The first-order valence-corrected chi connectivity index (χ1v) is 4.53. The monoisotopic (exact) mass is 237 g/mol. The van der Waals surface area contributed by atoms with Crippen molar-refractivity contribution in [1.29, 1.82) is 0 Å². The van der Waals surface area contributed by atoms with Gasteiger partial charge >= 0.3 is 6.18 Å². The first-order chi connectivity index (χ1) is 7.23. The van der Waals surface area contributed by atoms with Gasteiger partial charge in [0.15, 0.2) is 0 Å². The van der Waals surface area contributed by atoms with E-state index in [1.807, 2.05) is 0 Å². The predicted molar refractivity (Wildman–Crippen MR) is 50.0 cm³/mol. The normalized spacial score (nSPS) is 15.9. The van der Waals surface area contributed by atoms with Gasteiger partial charge in [0.05, 0.1) is 17.7 Å². The molecule has 0 bridgehead atoms. The molecule has 0 heterocycles. The fourth-order valence-corrected chi connectivity index (χ4v) is 1.25. The fraction of sp³-hybridized carbons (Fsp3) is 0.400. The molecule has 16 heavy (non-hydrogen) atoms. The van der Waals surface area contributed by atoms with Crippen LogP contribution in [0.3, 0.4) is 0 Å². The molecule has 0 aliphatic rings. The molecule has 0 aliphatic heterocycles. The first-order valence-electron chi connectivity index (χ1n) is 4.53. The summed E-state index contributed by atoms with van der Waals surface area (Å²) < 4.78 is 50.0. The van der Waals surface area contributed by atoms with Gasteiger partial charge in [-0.05, 0) is 24.6 Å². The van der Waals surface area contributed by atoms with Crippen LogP contribution in [0, 0.1) is 5.82 Å². The largest absolute Gasteiger partial charge is 0.419 e. The van der Waals surface area contributed by atoms with Crippen molar-refractivity contribution in [2.24, 2.45) is 5.73 Å². The second-order valence-electron chi connectivity index (χ2n) is 3.50. The van der Waals surface area contributed by atoms with Crippen molar-refractivity contribution in [3.05, 3.63) is 35.1 Å². The van der Waals surface area contributed by atoms with Crippen molar-refractivity contribution in [1.82, 2.24) is 0 Å². The van der Waals surface area contributed by atoms with Gasteiger partial charge in [0.2, 0.25) is 0 Å². The summed E-state index contributed by atoms with van der Waals surface area (Å²) in [6, 6.07) is 1.47. The molecule has 0 spiro atoms. The van der Waals surface area contributed by atoms with Crippen molar-refractivity contribution >= 4 is 0 Å². The maximum Gasteiger partial charge on any atom is 0.419 e. The van der Waals surface area contributed by atoms with Crippen molar-refractivity contribution in [2.45, 2.75) is 25.2 Å². The number of rotatable bonds is 2. The molecule has 0 radical (unpaired) electrons. The lowest BCUT2D eigenvalue weighted by molar-refractivity contribution is -0.140. The lowest BCUT2D eigenvalue weighted by atomic mass is 10.0. The Bertz CT molecular complexity index is 376. The van der Waals surface area contributed by atoms with Gasteiger partial charge in [0.25, 0.3) is 0 Å². The summed E-state index contributed by atoms with van der Waals surface area (Å²) in [5, 5.41) is 9.14. The Labute approximate surface area is 89.7 Å². The zero-order valence-corrected chi connectivity index (χ0v) is 8.42. The summed E-state index contributed by atoms with van der Waals surface area (Å²) in [7, 11) is 0. The molecule has 0 unspecified atom stereocenters. The van der Waals surface area contributed by atoms with Crippen LogP contribution in [0.1, 0.15) is 24.1 Å². The van der Waals surface area contributed by atoms with Gasteiger partial charge in [-0.3, -0.25) is 0 Å². The zero-order valence-electron chi connectivity index (χ0n) is 8.42. The standard InChI is InChI=1S/C10H11F4NO/c1-5(16)9(15)6-2-3-8(11)7(4-6)10(12,13)14/h2-5,9,16H,15H2,1H3/t5-,9+/m1/s1. The molecule has 1 aromatic rings. The number of hydrogen-bond acceptors (Lipinski definition) is 2. The highest BCUT2D eigenvalue weighted by Gasteiger charge is 2.34. The van der Waals surface area contributed by atoms with Gasteiger partial charge in [-0.1, -0.05) is 6.07 Å². The van der Waals surface area contributed by atoms with Crippen LogP contribution < -0.4 is 5.73 Å². The molecule has 0 amide bonds. The van der Waals surface area contributed by atoms with Crippen LogP contribution in [0.5, 0.6) is 0 Å². The number of hydrogen-bond donors (Lipinski definition) is 2. The van der Waals surface area contributed by atoms with Crippen molar-refractivity contribution in [2.75, 3.05) is 0 Å². The van der Waals surface area contributed by atoms with Gasteiger partial charge in [-0.2, -0.15) is 13.2 Å². The van der Waals surface area contributed by atoms with Crippen LogP contribution in [0.2, 0.25) is 0 Å². The van der Waals surface area contributed by atoms with Crippen LogP contribution in [0.4, 0.5) is 17.6 Å². The smallest absolute Gasteiger partial charge is 0.391 e. The van der Waals surface area contributed by atoms with Crippen molar-refractivity contribution in [3.8, 4) is 0 Å². The van der Waals surface area contributed by atoms with E-state index in [1.54, 1.807) is 0 Å². The topological polar surface area (TPSA) is 46.2 Å². The van der Waals surface area contributed by atoms with Crippen LogP contribution in [-0.4, -0.2) is 11.2 Å². The number of nitrogens with two attached hydrogens (primary N) is 1. The predicted octanol–water partition coefficient (Wildman–Crippen LogP) is 2.23. The molecule has 0 saturated heterocycles. The van der Waals surface area contributed by atoms with Gasteiger partial charge in [0.1, 0.15) is 5.82 Å². The van der Waals surface area contributed by atoms with E-state index in [9.17, 15) is 17.6 Å². The van der Waals surface area contributed by atoms with Crippen LogP contribution in [0.25, 0.3) is 0 Å². The van der Waals surface area contributed by atoms with Crippen molar-refractivity contribution < 1.29 is 22.7 Å². The molecular weight excluding hydrogens is 226 g/mol. The average Bonchev–Trinajstić information content (AvgIpc) is 2.15. The fourth-order valence-electron chi connectivity index (χ4n) is 1.25. The maximum atomic E-state index is 12.9. The average molecular weight is 237 g/mol. The second kappa shape index (κ2) is 4.39. The van der Waals surface area contributed by atoms with E-state index in [0.717, 1.165) is 6.07 Å². The SMILES string of the molecule is C[C@@H](O)[C@H](N)c1ccc(F)c(C(F)(F)F)c1. The Morgan fingerprint density at radius 3 is 2.31 bits per heavy atom. The maximum absolute atomic E-state index is 12.9. The third kappa shape index (κ3) is 2.70. The molecule has 3 N–H and O–H groups in total. The molecular formula is C10H11F4NO. The second-order valence-corrected chi connectivity index (χ2v) is 3.50. The van der Waals surface area contributed by atoms with Gasteiger partial charge in [0, 0.05) is 0 Å². The van der Waals surface area contributed by atoms with Crippen LogP contribution in [-0.2, 0) is 6.18 Å². The summed E-state index contributed by atoms with van der Waals surface area (Å²) in [5.74, 6) is -1.35. The van der Waals surface area contributed by atoms with Gasteiger partial charge < -0.3 is 10.8 Å². The number of aliphatic hydroxyl groups excluding tert-OH is 1. The third-order valence-corrected chi connectivity index (χ3v) is 2.20. The Morgan fingerprint density at radius 1 is 1.31 bits per heavy atom. The lowest BCUT2D eigenvalue weighted by Crippen LogP contribution is -2.24. The van der Waals surface area contributed by atoms with Gasteiger partial charge in [-0.15, -0.1) is 0 Å². The van der Waals surface area contributed by atoms with E-state index in [0.29, 0.717) is 12.1 Å². The van der Waals surface area contributed by atoms with E-state index in [-0.39, 0.29) is 5.56 Å². The molecule has 1 rings (SSSR count). The highest BCUT2D eigenvalue weighted by Crippen LogP contribution is 2.33. The third-order valence-electron chi connectivity index (χ3n) is 2.20. The summed E-state index contributed by atoms with van der Waals surface area (Å²) in [6.45, 7) is 1.35. The molecule has 90 valence electrons. The molecule has 0 aliphatic carbocycles. The Morgan fingerprint density at radius 2 is 1.88 bits per heavy atom. The Balaban J connectivity index is 3.18. The van der Waals surface area contributed by atoms with Crippen LogP contribution in [0.15, 0.2) is 18.2 Å². The molecule has 1 aromatic carbocycles. The molecule has 6 heteroatoms. The minimum Gasteiger partial charge on any atom is -0.391 e. The highest BCUT2D eigenvalue weighted by atomic mass is 19.4. The van der Waals surface area contributed by atoms with Crippen LogP contribution >= 0.6 is 0 Å². The highest BCUT2D eigenvalue weighted by molar-refractivity contribution is 5.29. The molecule has 2 nitrogen and oxygen atoms in total. The van der Waals surface area contributed by atoms with E-state index < -0.39 is 29.7 Å². The lowest BCUT2D eigenvalue weighted by Gasteiger charge is -2.17. The Hall–Kier alpha value is -1.14. The quantitative estimate of drug-likeness (QED) is 0.775. The number of aliphatic hydroxyl groups is 1. The minimum absolute atomic E-state index is 0.0451. The summed E-state index contributed by atoms with van der Waals surface area (Å²) in [4.78, 5) is 0. The summed E-state index contributed by atoms with van der Waals surface area (Å²) >= 11 is 0.